The molecule has 0 aliphatic heterocycles. The fourth-order valence-corrected chi connectivity index (χ4v) is 1.74. The smallest absolute Gasteiger partial charge is 0.406 e. The van der Waals surface area contributed by atoms with E-state index in [1.54, 1.807) is 18.2 Å². The predicted molar refractivity (Wildman–Crippen MR) is 70.3 cm³/mol. The van der Waals surface area contributed by atoms with E-state index in [2.05, 4.69) is 5.32 Å². The van der Waals surface area contributed by atoms with Gasteiger partial charge in [-0.1, -0.05) is 29.3 Å². The standard InChI is InChI=1S/C12H13Cl2NO3/c1-15-12(17)18-7-9(4-5-16)8-2-3-10(13)11(14)6-8/h2-3,5-6,9H,4,7H2,1H3,(H,15,17)/t9-/m1/s1. The van der Waals surface area contributed by atoms with Gasteiger partial charge >= 0.3 is 6.09 Å². The maximum Gasteiger partial charge on any atom is 0.406 e. The van der Waals surface area contributed by atoms with Crippen LogP contribution >= 0.6 is 23.2 Å². The molecule has 98 valence electrons. The van der Waals surface area contributed by atoms with Crippen LogP contribution in [0, 0.1) is 0 Å². The average molecular weight is 290 g/mol. The molecular formula is C12H13Cl2NO3. The van der Waals surface area contributed by atoms with Crippen LogP contribution in [0.15, 0.2) is 18.2 Å². The van der Waals surface area contributed by atoms with Crippen molar-refractivity contribution in [2.24, 2.45) is 0 Å². The molecule has 1 aromatic carbocycles. The molecule has 0 aliphatic carbocycles. The van der Waals surface area contributed by atoms with Crippen LogP contribution in [0.25, 0.3) is 0 Å². The SMILES string of the molecule is CNC(=O)OC[C@@H](CC=O)c1ccc(Cl)c(Cl)c1. The molecule has 1 atom stereocenters. The molecule has 0 heterocycles. The monoisotopic (exact) mass is 289 g/mol. The summed E-state index contributed by atoms with van der Waals surface area (Å²) in [6, 6.07) is 5.08. The Bertz CT molecular complexity index is 437. The number of carbonyl (C=O) groups is 2. The van der Waals surface area contributed by atoms with Gasteiger partial charge in [-0.25, -0.2) is 4.79 Å². The Labute approximate surface area is 115 Å². The van der Waals surface area contributed by atoms with Crippen LogP contribution in [0.5, 0.6) is 0 Å². The molecule has 0 aromatic heterocycles. The highest BCUT2D eigenvalue weighted by Crippen LogP contribution is 2.27. The van der Waals surface area contributed by atoms with Gasteiger partial charge in [0.1, 0.15) is 12.9 Å². The summed E-state index contributed by atoms with van der Waals surface area (Å²) in [5.74, 6) is -0.227. The number of benzene rings is 1. The number of carbonyl (C=O) groups excluding carboxylic acids is 2. The van der Waals surface area contributed by atoms with Crippen molar-refractivity contribution in [1.29, 1.82) is 0 Å². The number of rotatable bonds is 5. The fraction of sp³-hybridized carbons (Fsp3) is 0.333. The second-order valence-corrected chi connectivity index (χ2v) is 4.44. The molecule has 4 nitrogen and oxygen atoms in total. The first kappa shape index (κ1) is 14.8. The molecule has 1 amide bonds. The van der Waals surface area contributed by atoms with E-state index in [0.717, 1.165) is 11.8 Å². The van der Waals surface area contributed by atoms with Gasteiger partial charge in [-0.15, -0.1) is 0 Å². The molecule has 18 heavy (non-hydrogen) atoms. The van der Waals surface area contributed by atoms with Gasteiger partial charge in [0.15, 0.2) is 0 Å². The van der Waals surface area contributed by atoms with Crippen LogP contribution in [-0.4, -0.2) is 26.0 Å². The zero-order chi connectivity index (χ0) is 13.5. The molecule has 6 heteroatoms. The van der Waals surface area contributed by atoms with Crippen molar-refractivity contribution in [3.8, 4) is 0 Å². The minimum atomic E-state index is -0.536. The highest BCUT2D eigenvalue weighted by atomic mass is 35.5. The van der Waals surface area contributed by atoms with Crippen LogP contribution in [0.2, 0.25) is 10.0 Å². The number of halogens is 2. The van der Waals surface area contributed by atoms with Crippen molar-refractivity contribution in [3.05, 3.63) is 33.8 Å². The first-order chi connectivity index (χ1) is 8.58. The van der Waals surface area contributed by atoms with Crippen molar-refractivity contribution in [1.82, 2.24) is 5.32 Å². The summed E-state index contributed by atoms with van der Waals surface area (Å²) in [7, 11) is 1.47. The number of aldehydes is 1. The molecule has 0 aliphatic rings. The van der Waals surface area contributed by atoms with Crippen molar-refractivity contribution in [2.75, 3.05) is 13.7 Å². The van der Waals surface area contributed by atoms with E-state index in [9.17, 15) is 9.59 Å². The maximum absolute atomic E-state index is 11.0. The second-order valence-electron chi connectivity index (χ2n) is 3.62. The van der Waals surface area contributed by atoms with Gasteiger partial charge in [0.2, 0.25) is 0 Å². The summed E-state index contributed by atoms with van der Waals surface area (Å²) < 4.78 is 4.95. The van der Waals surface area contributed by atoms with E-state index in [-0.39, 0.29) is 18.9 Å². The normalized spacial score (nSPS) is 11.7. The summed E-state index contributed by atoms with van der Waals surface area (Å²) in [5, 5.41) is 3.19. The van der Waals surface area contributed by atoms with Crippen molar-refractivity contribution >= 4 is 35.6 Å². The van der Waals surface area contributed by atoms with E-state index >= 15 is 0 Å². The molecule has 1 rings (SSSR count). The van der Waals surface area contributed by atoms with Crippen LogP contribution in [0.3, 0.4) is 0 Å². The average Bonchev–Trinajstić information content (AvgIpc) is 2.37. The number of hydrogen-bond acceptors (Lipinski definition) is 3. The number of alkyl carbamates (subject to hydrolysis) is 1. The Hall–Kier alpha value is -1.26. The minimum Gasteiger partial charge on any atom is -0.449 e. The Morgan fingerprint density at radius 2 is 2.17 bits per heavy atom. The van der Waals surface area contributed by atoms with E-state index in [1.807, 2.05) is 0 Å². The second kappa shape index (κ2) is 7.24. The summed E-state index contributed by atoms with van der Waals surface area (Å²) in [6.45, 7) is 0.108. The molecule has 1 aromatic rings. The number of amides is 1. The first-order valence-electron chi connectivity index (χ1n) is 5.31. The molecule has 1 N–H and O–H groups in total. The topological polar surface area (TPSA) is 55.4 Å². The van der Waals surface area contributed by atoms with Gasteiger partial charge < -0.3 is 14.8 Å². The quantitative estimate of drug-likeness (QED) is 0.848. The van der Waals surface area contributed by atoms with Gasteiger partial charge in [-0.3, -0.25) is 0 Å². The number of nitrogens with one attached hydrogen (secondary N) is 1. The van der Waals surface area contributed by atoms with Gasteiger partial charge in [-0.05, 0) is 17.7 Å². The van der Waals surface area contributed by atoms with Gasteiger partial charge in [0.25, 0.3) is 0 Å². The van der Waals surface area contributed by atoms with Crippen molar-refractivity contribution in [3.63, 3.8) is 0 Å². The van der Waals surface area contributed by atoms with Gasteiger partial charge in [0.05, 0.1) is 10.0 Å². The van der Waals surface area contributed by atoms with Crippen molar-refractivity contribution in [2.45, 2.75) is 12.3 Å². The third-order valence-electron chi connectivity index (χ3n) is 2.42. The predicted octanol–water partition coefficient (Wildman–Crippen LogP) is 3.02. The Kier molecular flexibility index (Phi) is 5.95. The number of ether oxygens (including phenoxy) is 1. The zero-order valence-electron chi connectivity index (χ0n) is 9.78. The summed E-state index contributed by atoms with van der Waals surface area (Å²) in [4.78, 5) is 21.6. The highest BCUT2D eigenvalue weighted by Gasteiger charge is 2.15. The zero-order valence-corrected chi connectivity index (χ0v) is 11.3. The third-order valence-corrected chi connectivity index (χ3v) is 3.15. The first-order valence-corrected chi connectivity index (χ1v) is 6.07. The third kappa shape index (κ3) is 4.20. The lowest BCUT2D eigenvalue weighted by atomic mass is 9.97. The van der Waals surface area contributed by atoms with Crippen LogP contribution in [0.4, 0.5) is 4.79 Å². The van der Waals surface area contributed by atoms with Crippen LogP contribution < -0.4 is 5.32 Å². The largest absolute Gasteiger partial charge is 0.449 e. The summed E-state index contributed by atoms with van der Waals surface area (Å²) >= 11 is 11.7. The molecule has 0 radical (unpaired) electrons. The summed E-state index contributed by atoms with van der Waals surface area (Å²) in [5.41, 5.74) is 0.806. The van der Waals surface area contributed by atoms with Gasteiger partial charge in [-0.2, -0.15) is 0 Å². The Morgan fingerprint density at radius 1 is 1.44 bits per heavy atom. The Balaban J connectivity index is 2.79. The molecule has 0 unspecified atom stereocenters. The lowest BCUT2D eigenvalue weighted by Gasteiger charge is -2.15. The van der Waals surface area contributed by atoms with E-state index in [1.165, 1.54) is 7.05 Å². The highest BCUT2D eigenvalue weighted by molar-refractivity contribution is 6.42. The maximum atomic E-state index is 11.0. The molecule has 0 saturated heterocycles. The van der Waals surface area contributed by atoms with Crippen molar-refractivity contribution < 1.29 is 14.3 Å². The minimum absolute atomic E-state index is 0.108. The number of hydrogen-bond donors (Lipinski definition) is 1. The van der Waals surface area contributed by atoms with Gasteiger partial charge in [0, 0.05) is 19.4 Å². The lowest BCUT2D eigenvalue weighted by Crippen LogP contribution is -2.22. The summed E-state index contributed by atoms with van der Waals surface area (Å²) in [6.07, 6.45) is 0.487. The van der Waals surface area contributed by atoms with E-state index in [0.29, 0.717) is 10.0 Å². The molecule has 0 spiro atoms. The van der Waals surface area contributed by atoms with Crippen LogP contribution in [0.1, 0.15) is 17.9 Å². The molecule has 0 saturated carbocycles. The van der Waals surface area contributed by atoms with Crippen LogP contribution in [-0.2, 0) is 9.53 Å². The fourth-order valence-electron chi connectivity index (χ4n) is 1.43. The van der Waals surface area contributed by atoms with E-state index in [4.69, 9.17) is 27.9 Å². The molecule has 0 fully saturated rings. The molecular weight excluding hydrogens is 277 g/mol. The lowest BCUT2D eigenvalue weighted by molar-refractivity contribution is -0.108. The van der Waals surface area contributed by atoms with E-state index < -0.39 is 6.09 Å². The Morgan fingerprint density at radius 3 is 2.72 bits per heavy atom. The molecule has 0 bridgehead atoms.